The lowest BCUT2D eigenvalue weighted by Crippen LogP contribution is -2.50. The van der Waals surface area contributed by atoms with Crippen molar-refractivity contribution in [1.82, 2.24) is 4.90 Å². The van der Waals surface area contributed by atoms with E-state index in [1.54, 1.807) is 4.90 Å². The van der Waals surface area contributed by atoms with Crippen LogP contribution >= 0.6 is 0 Å². The van der Waals surface area contributed by atoms with Crippen molar-refractivity contribution in [3.05, 3.63) is 67.5 Å². The SMILES string of the molecule is CC(C)(C)C(=O)N1[C@H]([C]2[CH][CH][CH][CH]2)OC(=O)[C@@H]1Cc1ccccc1. The lowest BCUT2D eigenvalue weighted by molar-refractivity contribution is -0.145. The van der Waals surface area contributed by atoms with Gasteiger partial charge in [0.2, 0.25) is 5.91 Å². The summed E-state index contributed by atoms with van der Waals surface area (Å²) in [5, 5.41) is 0. The van der Waals surface area contributed by atoms with Gasteiger partial charge in [-0.05, 0) is 31.2 Å². The van der Waals surface area contributed by atoms with Crippen molar-refractivity contribution < 1.29 is 14.3 Å². The van der Waals surface area contributed by atoms with Gasteiger partial charge in [-0.1, -0.05) is 51.1 Å². The Morgan fingerprint density at radius 3 is 2.33 bits per heavy atom. The normalized spacial score (nSPS) is 25.1. The summed E-state index contributed by atoms with van der Waals surface area (Å²) < 4.78 is 5.59. The summed E-state index contributed by atoms with van der Waals surface area (Å²) in [5.74, 6) is 0.402. The molecule has 1 aliphatic heterocycles. The second-order valence-electron chi connectivity index (χ2n) is 7.18. The van der Waals surface area contributed by atoms with Crippen molar-refractivity contribution >= 4 is 11.9 Å². The first-order valence-electron chi connectivity index (χ1n) is 8.17. The zero-order valence-corrected chi connectivity index (χ0v) is 14.2. The van der Waals surface area contributed by atoms with Gasteiger partial charge in [0, 0.05) is 17.8 Å². The number of carbonyl (C=O) groups is 2. The van der Waals surface area contributed by atoms with Crippen LogP contribution in [0.4, 0.5) is 0 Å². The van der Waals surface area contributed by atoms with E-state index in [0.29, 0.717) is 6.42 Å². The smallest absolute Gasteiger partial charge is 0.331 e. The van der Waals surface area contributed by atoms with Crippen LogP contribution < -0.4 is 0 Å². The maximum atomic E-state index is 13.0. The highest BCUT2D eigenvalue weighted by molar-refractivity contribution is 5.90. The third-order valence-corrected chi connectivity index (χ3v) is 4.21. The molecule has 1 aromatic rings. The van der Waals surface area contributed by atoms with E-state index < -0.39 is 17.7 Å². The molecule has 0 spiro atoms. The number of rotatable bonds is 3. The molecule has 1 heterocycles. The van der Waals surface area contributed by atoms with Crippen LogP contribution in [0.25, 0.3) is 0 Å². The largest absolute Gasteiger partial charge is 0.439 e. The Kier molecular flexibility index (Phi) is 4.66. The third kappa shape index (κ3) is 3.33. The molecule has 5 radical (unpaired) electrons. The molecule has 1 aromatic carbocycles. The number of hydrogen-bond acceptors (Lipinski definition) is 3. The van der Waals surface area contributed by atoms with Gasteiger partial charge < -0.3 is 4.74 Å². The number of carbonyl (C=O) groups excluding carboxylic acids is 2. The molecule has 4 heteroatoms. The predicted octanol–water partition coefficient (Wildman–Crippen LogP) is 2.76. The van der Waals surface area contributed by atoms with Crippen LogP contribution in [-0.4, -0.2) is 29.0 Å². The fourth-order valence-electron chi connectivity index (χ4n) is 2.96. The first kappa shape index (κ1) is 17.0. The molecule has 0 unspecified atom stereocenters. The van der Waals surface area contributed by atoms with Crippen LogP contribution in [0, 0.1) is 37.0 Å². The van der Waals surface area contributed by atoms with Crippen LogP contribution in [0.2, 0.25) is 0 Å². The average molecular weight is 324 g/mol. The minimum absolute atomic E-state index is 0.0829. The highest BCUT2D eigenvalue weighted by Crippen LogP contribution is 2.37. The highest BCUT2D eigenvalue weighted by atomic mass is 16.6. The monoisotopic (exact) mass is 324 g/mol. The maximum Gasteiger partial charge on any atom is 0.331 e. The summed E-state index contributed by atoms with van der Waals surface area (Å²) >= 11 is 0. The molecule has 2 fully saturated rings. The van der Waals surface area contributed by atoms with Crippen molar-refractivity contribution in [3.63, 3.8) is 0 Å². The summed E-state index contributed by atoms with van der Waals surface area (Å²) in [6.07, 6.45) is 7.34. The number of nitrogens with zero attached hydrogens (tertiary/aromatic N) is 1. The first-order chi connectivity index (χ1) is 11.4. The van der Waals surface area contributed by atoms with Crippen LogP contribution in [0.15, 0.2) is 30.3 Å². The van der Waals surface area contributed by atoms with Crippen molar-refractivity contribution in [2.24, 2.45) is 5.41 Å². The summed E-state index contributed by atoms with van der Waals surface area (Å²) in [6, 6.07) is 9.12. The molecular weight excluding hydrogens is 302 g/mol. The zero-order valence-electron chi connectivity index (χ0n) is 14.2. The second-order valence-corrected chi connectivity index (χ2v) is 7.18. The highest BCUT2D eigenvalue weighted by Gasteiger charge is 2.50. The summed E-state index contributed by atoms with van der Waals surface area (Å²) in [6.45, 7) is 5.58. The number of benzene rings is 1. The van der Waals surface area contributed by atoms with Gasteiger partial charge in [-0.15, -0.1) is 0 Å². The molecule has 125 valence electrons. The van der Waals surface area contributed by atoms with Crippen LogP contribution in [0.3, 0.4) is 0 Å². The Bertz CT molecular complexity index is 599. The minimum atomic E-state index is -0.645. The fraction of sp³-hybridized carbons (Fsp3) is 0.350. The Hall–Kier alpha value is -1.84. The maximum absolute atomic E-state index is 13.0. The van der Waals surface area contributed by atoms with Gasteiger partial charge >= 0.3 is 5.97 Å². The van der Waals surface area contributed by atoms with E-state index in [4.69, 9.17) is 4.74 Å². The van der Waals surface area contributed by atoms with Crippen molar-refractivity contribution in [2.45, 2.75) is 39.5 Å². The quantitative estimate of drug-likeness (QED) is 0.803. The number of cyclic esters (lactones) is 1. The van der Waals surface area contributed by atoms with E-state index in [2.05, 4.69) is 0 Å². The van der Waals surface area contributed by atoms with Gasteiger partial charge in [0.05, 0.1) is 0 Å². The topological polar surface area (TPSA) is 46.6 Å². The number of esters is 1. The van der Waals surface area contributed by atoms with Gasteiger partial charge in [-0.3, -0.25) is 9.69 Å². The van der Waals surface area contributed by atoms with Gasteiger partial charge in [-0.2, -0.15) is 0 Å². The molecule has 0 N–H and O–H groups in total. The van der Waals surface area contributed by atoms with Crippen LogP contribution in [-0.2, 0) is 20.7 Å². The molecule has 1 saturated carbocycles. The van der Waals surface area contributed by atoms with E-state index in [1.165, 1.54) is 0 Å². The van der Waals surface area contributed by atoms with Gasteiger partial charge in [-0.25, -0.2) is 4.79 Å². The van der Waals surface area contributed by atoms with Crippen molar-refractivity contribution in [3.8, 4) is 0 Å². The Morgan fingerprint density at radius 2 is 1.75 bits per heavy atom. The Morgan fingerprint density at radius 1 is 1.12 bits per heavy atom. The molecule has 24 heavy (non-hydrogen) atoms. The average Bonchev–Trinajstić information content (AvgIpc) is 3.16. The Balaban J connectivity index is 1.89. The summed E-state index contributed by atoms with van der Waals surface area (Å²) in [5.41, 5.74) is 0.419. The molecule has 1 saturated heterocycles. The van der Waals surface area contributed by atoms with E-state index in [9.17, 15) is 9.59 Å². The zero-order chi connectivity index (χ0) is 17.3. The molecule has 3 rings (SSSR count). The van der Waals surface area contributed by atoms with E-state index in [-0.39, 0.29) is 11.9 Å². The van der Waals surface area contributed by atoms with Crippen LogP contribution in [0.5, 0.6) is 0 Å². The lowest BCUT2D eigenvalue weighted by atomic mass is 9.92. The lowest BCUT2D eigenvalue weighted by Gasteiger charge is -2.34. The van der Waals surface area contributed by atoms with E-state index in [0.717, 1.165) is 11.5 Å². The van der Waals surface area contributed by atoms with Crippen LogP contribution in [0.1, 0.15) is 26.3 Å². The van der Waals surface area contributed by atoms with Crippen molar-refractivity contribution in [1.29, 1.82) is 0 Å². The van der Waals surface area contributed by atoms with Gasteiger partial charge in [0.25, 0.3) is 0 Å². The molecule has 2 aliphatic rings. The predicted molar refractivity (Wildman–Crippen MR) is 90.6 cm³/mol. The second kappa shape index (κ2) is 6.58. The minimum Gasteiger partial charge on any atom is -0.439 e. The molecule has 1 amide bonds. The van der Waals surface area contributed by atoms with Crippen molar-refractivity contribution in [2.75, 3.05) is 0 Å². The summed E-state index contributed by atoms with van der Waals surface area (Å²) in [4.78, 5) is 27.1. The first-order valence-corrected chi connectivity index (χ1v) is 8.17. The Labute approximate surface area is 144 Å². The fourth-order valence-corrected chi connectivity index (χ4v) is 2.96. The summed E-state index contributed by atoms with van der Waals surface area (Å²) in [7, 11) is 0. The number of amides is 1. The number of hydrogen-bond donors (Lipinski definition) is 0. The van der Waals surface area contributed by atoms with E-state index >= 15 is 0 Å². The molecular formula is C20H22NO3. The molecule has 4 nitrogen and oxygen atoms in total. The number of ether oxygens (including phenoxy) is 1. The molecule has 0 bridgehead atoms. The van der Waals surface area contributed by atoms with Gasteiger partial charge in [0.1, 0.15) is 6.04 Å². The molecule has 2 atom stereocenters. The molecule has 1 aliphatic carbocycles. The molecule has 0 aromatic heterocycles. The standard InChI is InChI=1S/C20H22NO3/c1-20(2,3)19(23)21-16(13-14-9-5-4-6-10-14)18(22)24-17(21)15-11-7-8-12-15/h4-12,16-17H,13H2,1-3H3/t16-,17-/m0/s1. The van der Waals surface area contributed by atoms with E-state index in [1.807, 2.05) is 76.8 Å². The third-order valence-electron chi connectivity index (χ3n) is 4.21. The van der Waals surface area contributed by atoms with Gasteiger partial charge in [0.15, 0.2) is 6.23 Å².